The number of methoxy groups -OCH3 is 2. The Morgan fingerprint density at radius 3 is 2.38 bits per heavy atom. The third kappa shape index (κ3) is 5.43. The van der Waals surface area contributed by atoms with E-state index in [0.717, 1.165) is 5.56 Å². The first kappa shape index (κ1) is 25.8. The number of aliphatic hydroxyl groups excluding tert-OH is 1. The second-order valence-electron chi connectivity index (χ2n) is 9.13. The number of nitrogens with zero attached hydrogens (tertiary/aromatic N) is 2. The van der Waals surface area contributed by atoms with Crippen LogP contribution < -0.4 is 14.2 Å². The van der Waals surface area contributed by atoms with Gasteiger partial charge in [0.15, 0.2) is 0 Å². The van der Waals surface area contributed by atoms with Gasteiger partial charge in [-0.25, -0.2) is 0 Å². The number of hydrogen-bond acceptors (Lipinski definition) is 7. The van der Waals surface area contributed by atoms with Gasteiger partial charge in [-0.15, -0.1) is 0 Å². The lowest BCUT2D eigenvalue weighted by Crippen LogP contribution is -2.29. The second-order valence-corrected chi connectivity index (χ2v) is 9.13. The summed E-state index contributed by atoms with van der Waals surface area (Å²) >= 11 is 0. The Bertz CT molecular complexity index is 1300. The maximum atomic E-state index is 13.4. The number of carbonyl (C=O) groups is 2. The normalized spacial score (nSPS) is 16.8. The van der Waals surface area contributed by atoms with Crippen LogP contribution in [0.15, 0.2) is 72.6 Å². The van der Waals surface area contributed by atoms with Crippen LogP contribution in [0.5, 0.6) is 17.2 Å². The first-order chi connectivity index (χ1) is 17.8. The van der Waals surface area contributed by atoms with E-state index in [1.54, 1.807) is 60.9 Å². The van der Waals surface area contributed by atoms with Crippen LogP contribution in [-0.4, -0.2) is 47.5 Å². The zero-order valence-electron chi connectivity index (χ0n) is 21.3. The first-order valence-corrected chi connectivity index (χ1v) is 12.0. The summed E-state index contributed by atoms with van der Waals surface area (Å²) in [4.78, 5) is 32.2. The van der Waals surface area contributed by atoms with Gasteiger partial charge < -0.3 is 24.2 Å². The Hall–Kier alpha value is -4.33. The van der Waals surface area contributed by atoms with E-state index in [4.69, 9.17) is 14.2 Å². The summed E-state index contributed by atoms with van der Waals surface area (Å²) in [6, 6.07) is 14.6. The van der Waals surface area contributed by atoms with Gasteiger partial charge in [0.05, 0.1) is 32.4 Å². The molecule has 37 heavy (non-hydrogen) atoms. The fourth-order valence-corrected chi connectivity index (χ4v) is 4.24. The van der Waals surface area contributed by atoms with Crippen molar-refractivity contribution in [3.05, 3.63) is 89.3 Å². The topological polar surface area (TPSA) is 98.2 Å². The maximum absolute atomic E-state index is 13.4. The molecule has 0 bridgehead atoms. The Kier molecular flexibility index (Phi) is 7.77. The monoisotopic (exact) mass is 502 g/mol. The van der Waals surface area contributed by atoms with Crippen LogP contribution in [0.3, 0.4) is 0 Å². The number of carbonyl (C=O) groups excluding carboxylic acids is 2. The van der Waals surface area contributed by atoms with E-state index in [2.05, 4.69) is 18.8 Å². The predicted molar refractivity (Wildman–Crippen MR) is 138 cm³/mol. The minimum Gasteiger partial charge on any atom is -0.507 e. The average molecular weight is 503 g/mol. The molecule has 1 aliphatic heterocycles. The van der Waals surface area contributed by atoms with Crippen molar-refractivity contribution in [2.24, 2.45) is 5.92 Å². The third-order valence-corrected chi connectivity index (χ3v) is 6.06. The second kappa shape index (κ2) is 11.2. The van der Waals surface area contributed by atoms with E-state index in [0.29, 0.717) is 40.9 Å². The Morgan fingerprint density at radius 2 is 1.76 bits per heavy atom. The fourth-order valence-electron chi connectivity index (χ4n) is 4.24. The molecule has 2 aromatic carbocycles. The van der Waals surface area contributed by atoms with Gasteiger partial charge in [0.2, 0.25) is 0 Å². The Labute approximate surface area is 216 Å². The van der Waals surface area contributed by atoms with E-state index >= 15 is 0 Å². The average Bonchev–Trinajstić information content (AvgIpc) is 3.16. The molecular formula is C29H30N2O6. The zero-order chi connectivity index (χ0) is 26.5. The number of benzene rings is 2. The molecule has 1 aromatic heterocycles. The van der Waals surface area contributed by atoms with E-state index in [-0.39, 0.29) is 17.9 Å². The molecule has 3 aromatic rings. The van der Waals surface area contributed by atoms with Gasteiger partial charge in [0, 0.05) is 30.1 Å². The lowest BCUT2D eigenvalue weighted by Gasteiger charge is -2.27. The lowest BCUT2D eigenvalue weighted by atomic mass is 9.94. The van der Waals surface area contributed by atoms with Crippen molar-refractivity contribution >= 4 is 17.4 Å². The number of aromatic nitrogens is 1. The first-order valence-electron chi connectivity index (χ1n) is 12.0. The molecule has 8 nitrogen and oxygen atoms in total. The highest BCUT2D eigenvalue weighted by Crippen LogP contribution is 2.44. The SMILES string of the molecule is COc1ccc(OC)c([C@@H]2C(=C(O)c3ccc(OCC(C)C)cc3)C(=O)C(=O)N2Cc2cccnc2)c1. The molecule has 0 aliphatic carbocycles. The molecule has 0 unspecified atom stereocenters. The minimum atomic E-state index is -0.915. The lowest BCUT2D eigenvalue weighted by molar-refractivity contribution is -0.140. The van der Waals surface area contributed by atoms with Crippen LogP contribution in [-0.2, 0) is 16.1 Å². The smallest absolute Gasteiger partial charge is 0.295 e. The van der Waals surface area contributed by atoms with Crippen molar-refractivity contribution in [3.63, 3.8) is 0 Å². The van der Waals surface area contributed by atoms with Crippen molar-refractivity contribution < 1.29 is 28.9 Å². The number of pyridine rings is 1. The molecule has 192 valence electrons. The number of ketones is 1. The van der Waals surface area contributed by atoms with E-state index in [1.165, 1.54) is 19.1 Å². The molecular weight excluding hydrogens is 472 g/mol. The largest absolute Gasteiger partial charge is 0.507 e. The summed E-state index contributed by atoms with van der Waals surface area (Å²) < 4.78 is 16.7. The van der Waals surface area contributed by atoms with E-state index < -0.39 is 17.7 Å². The van der Waals surface area contributed by atoms with Crippen molar-refractivity contribution in [1.82, 2.24) is 9.88 Å². The van der Waals surface area contributed by atoms with Crippen molar-refractivity contribution in [1.29, 1.82) is 0 Å². The number of aliphatic hydroxyl groups is 1. The maximum Gasteiger partial charge on any atom is 0.295 e. The molecule has 1 N–H and O–H groups in total. The van der Waals surface area contributed by atoms with Crippen LogP contribution in [0, 0.1) is 5.92 Å². The summed E-state index contributed by atoms with van der Waals surface area (Å²) in [5.74, 6) is 0.197. The van der Waals surface area contributed by atoms with E-state index in [1.807, 2.05) is 6.07 Å². The Morgan fingerprint density at radius 1 is 1.03 bits per heavy atom. The molecule has 1 aliphatic rings. The number of likely N-dealkylation sites (tertiary alicyclic amines) is 1. The Balaban J connectivity index is 1.83. The molecule has 1 atom stereocenters. The fraction of sp³-hybridized carbons (Fsp3) is 0.276. The van der Waals surface area contributed by atoms with Crippen LogP contribution in [0.1, 0.15) is 36.6 Å². The van der Waals surface area contributed by atoms with Crippen LogP contribution >= 0.6 is 0 Å². The molecule has 2 heterocycles. The number of rotatable bonds is 9. The van der Waals surface area contributed by atoms with Gasteiger partial charge in [-0.2, -0.15) is 0 Å². The highest BCUT2D eigenvalue weighted by atomic mass is 16.5. The number of Topliss-reactive ketones (excluding diaryl/α,β-unsaturated/α-hetero) is 1. The van der Waals surface area contributed by atoms with Crippen LogP contribution in [0.2, 0.25) is 0 Å². The number of hydrogen-bond donors (Lipinski definition) is 1. The standard InChI is InChI=1S/C29H30N2O6/c1-18(2)17-37-21-9-7-20(8-10-21)27(32)25-26(23-14-22(35-3)11-12-24(23)36-4)31(29(34)28(25)33)16-19-6-5-13-30-15-19/h5-15,18,26,32H,16-17H2,1-4H3/t26-/m1/s1. The molecule has 0 saturated carbocycles. The molecule has 4 rings (SSSR count). The summed E-state index contributed by atoms with van der Waals surface area (Å²) in [6.07, 6.45) is 3.27. The highest BCUT2D eigenvalue weighted by molar-refractivity contribution is 6.46. The highest BCUT2D eigenvalue weighted by Gasteiger charge is 2.47. The predicted octanol–water partition coefficient (Wildman–Crippen LogP) is 4.76. The van der Waals surface area contributed by atoms with Crippen LogP contribution in [0.25, 0.3) is 5.76 Å². The van der Waals surface area contributed by atoms with Gasteiger partial charge in [0.1, 0.15) is 23.0 Å². The van der Waals surface area contributed by atoms with E-state index in [9.17, 15) is 14.7 Å². The molecule has 1 saturated heterocycles. The molecule has 0 radical (unpaired) electrons. The van der Waals surface area contributed by atoms with Gasteiger partial charge in [-0.3, -0.25) is 14.6 Å². The van der Waals surface area contributed by atoms with Crippen molar-refractivity contribution in [3.8, 4) is 17.2 Å². The third-order valence-electron chi connectivity index (χ3n) is 6.06. The molecule has 1 fully saturated rings. The molecule has 1 amide bonds. The van der Waals surface area contributed by atoms with Gasteiger partial charge in [0.25, 0.3) is 11.7 Å². The zero-order valence-corrected chi connectivity index (χ0v) is 21.3. The van der Waals surface area contributed by atoms with Gasteiger partial charge in [-0.1, -0.05) is 19.9 Å². The molecule has 0 spiro atoms. The summed E-state index contributed by atoms with van der Waals surface area (Å²) in [5, 5.41) is 11.4. The summed E-state index contributed by atoms with van der Waals surface area (Å²) in [7, 11) is 3.04. The van der Waals surface area contributed by atoms with Gasteiger partial charge >= 0.3 is 0 Å². The minimum absolute atomic E-state index is 0.0312. The summed E-state index contributed by atoms with van der Waals surface area (Å²) in [6.45, 7) is 4.78. The quantitative estimate of drug-likeness (QED) is 0.256. The van der Waals surface area contributed by atoms with Gasteiger partial charge in [-0.05, 0) is 60.0 Å². The number of ether oxygens (including phenoxy) is 3. The van der Waals surface area contributed by atoms with Crippen LogP contribution in [0.4, 0.5) is 0 Å². The summed E-state index contributed by atoms with van der Waals surface area (Å²) in [5.41, 5.74) is 1.62. The molecule has 8 heteroatoms. The van der Waals surface area contributed by atoms with Crippen molar-refractivity contribution in [2.75, 3.05) is 20.8 Å². The van der Waals surface area contributed by atoms with Crippen molar-refractivity contribution in [2.45, 2.75) is 26.4 Å². The number of amides is 1.